The fraction of sp³-hybridized carbons (Fsp3) is 0.538. The van der Waals surface area contributed by atoms with E-state index in [1.165, 1.54) is 24.0 Å². The van der Waals surface area contributed by atoms with Gasteiger partial charge in [-0.1, -0.05) is 17.7 Å². The largest absolute Gasteiger partial charge is 0.489 e. The molecule has 0 unspecified atom stereocenters. The van der Waals surface area contributed by atoms with Gasteiger partial charge in [-0.2, -0.15) is 0 Å². The lowest BCUT2D eigenvalue weighted by atomic mass is 10.1. The van der Waals surface area contributed by atoms with Crippen LogP contribution in [-0.2, 0) is 0 Å². The number of nitrogens with one attached hydrogen (secondary N) is 1. The number of aryl methyl sites for hydroxylation is 2. The summed E-state index contributed by atoms with van der Waals surface area (Å²) in [6, 6.07) is 6.36. The molecule has 2 rings (SSSR count). The van der Waals surface area contributed by atoms with Crippen LogP contribution in [0.3, 0.4) is 0 Å². The fourth-order valence-electron chi connectivity index (χ4n) is 2.03. The van der Waals surface area contributed by atoms with E-state index < -0.39 is 0 Å². The van der Waals surface area contributed by atoms with Gasteiger partial charge in [-0.3, -0.25) is 0 Å². The van der Waals surface area contributed by atoms with Crippen molar-refractivity contribution in [1.29, 1.82) is 0 Å². The summed E-state index contributed by atoms with van der Waals surface area (Å²) >= 11 is 0. The van der Waals surface area contributed by atoms with E-state index in [0.29, 0.717) is 6.10 Å². The first-order valence-corrected chi connectivity index (χ1v) is 5.70. The Morgan fingerprint density at radius 3 is 2.87 bits per heavy atom. The number of rotatable bonds is 2. The van der Waals surface area contributed by atoms with E-state index in [4.69, 9.17) is 4.74 Å². The Balaban J connectivity index is 2.03. The Labute approximate surface area is 91.6 Å². The molecule has 1 heterocycles. The molecule has 2 nitrogen and oxygen atoms in total. The van der Waals surface area contributed by atoms with Gasteiger partial charge in [0.1, 0.15) is 11.9 Å². The lowest BCUT2D eigenvalue weighted by Gasteiger charge is -2.24. The molecule has 0 saturated carbocycles. The monoisotopic (exact) mass is 205 g/mol. The minimum atomic E-state index is 0.347. The summed E-state index contributed by atoms with van der Waals surface area (Å²) in [5, 5.41) is 3.36. The molecule has 1 N–H and O–H groups in total. The third kappa shape index (κ3) is 2.72. The van der Waals surface area contributed by atoms with Crippen LogP contribution < -0.4 is 10.1 Å². The number of hydrogen-bond acceptors (Lipinski definition) is 2. The highest BCUT2D eigenvalue weighted by molar-refractivity contribution is 5.35. The van der Waals surface area contributed by atoms with E-state index >= 15 is 0 Å². The average Bonchev–Trinajstić information content (AvgIpc) is 2.24. The smallest absolute Gasteiger partial charge is 0.122 e. The summed E-state index contributed by atoms with van der Waals surface area (Å²) in [4.78, 5) is 0. The van der Waals surface area contributed by atoms with Gasteiger partial charge in [0.15, 0.2) is 0 Å². The van der Waals surface area contributed by atoms with Crippen LogP contribution in [0.1, 0.15) is 24.0 Å². The summed E-state index contributed by atoms with van der Waals surface area (Å²) in [5.74, 6) is 1.04. The molecule has 82 valence electrons. The predicted octanol–water partition coefficient (Wildman–Crippen LogP) is 2.43. The zero-order chi connectivity index (χ0) is 10.7. The zero-order valence-corrected chi connectivity index (χ0v) is 9.55. The average molecular weight is 205 g/mol. The third-order valence-electron chi connectivity index (χ3n) is 2.88. The second-order valence-electron chi connectivity index (χ2n) is 4.36. The summed E-state index contributed by atoms with van der Waals surface area (Å²) in [6.07, 6.45) is 2.73. The normalized spacial score (nSPS) is 21.3. The minimum Gasteiger partial charge on any atom is -0.489 e. The van der Waals surface area contributed by atoms with Gasteiger partial charge in [-0.05, 0) is 44.9 Å². The molecule has 0 bridgehead atoms. The molecule has 0 radical (unpaired) electrons. The highest BCUT2D eigenvalue weighted by Gasteiger charge is 2.14. The van der Waals surface area contributed by atoms with Crippen molar-refractivity contribution in [3.05, 3.63) is 29.3 Å². The highest BCUT2D eigenvalue weighted by atomic mass is 16.5. The third-order valence-corrected chi connectivity index (χ3v) is 2.88. The molecule has 0 amide bonds. The maximum absolute atomic E-state index is 5.98. The van der Waals surface area contributed by atoms with Crippen LogP contribution >= 0.6 is 0 Å². The number of benzene rings is 1. The molecule has 15 heavy (non-hydrogen) atoms. The maximum Gasteiger partial charge on any atom is 0.122 e. The van der Waals surface area contributed by atoms with Gasteiger partial charge in [0.2, 0.25) is 0 Å². The number of ether oxygens (including phenoxy) is 1. The first kappa shape index (κ1) is 10.5. The van der Waals surface area contributed by atoms with Crippen molar-refractivity contribution in [2.45, 2.75) is 32.8 Å². The molecule has 1 aromatic carbocycles. The van der Waals surface area contributed by atoms with Crippen molar-refractivity contribution >= 4 is 0 Å². The van der Waals surface area contributed by atoms with Crippen molar-refractivity contribution in [2.24, 2.45) is 0 Å². The Bertz CT molecular complexity index is 329. The van der Waals surface area contributed by atoms with E-state index in [2.05, 4.69) is 37.4 Å². The maximum atomic E-state index is 5.98. The summed E-state index contributed by atoms with van der Waals surface area (Å²) < 4.78 is 5.98. The Morgan fingerprint density at radius 2 is 2.20 bits per heavy atom. The number of hydrogen-bond donors (Lipinski definition) is 1. The molecule has 2 heteroatoms. The Kier molecular flexibility index (Phi) is 3.27. The minimum absolute atomic E-state index is 0.347. The molecular weight excluding hydrogens is 186 g/mol. The molecular formula is C13H19NO. The highest BCUT2D eigenvalue weighted by Crippen LogP contribution is 2.21. The second-order valence-corrected chi connectivity index (χ2v) is 4.36. The summed E-state index contributed by atoms with van der Waals surface area (Å²) in [5.41, 5.74) is 2.53. The van der Waals surface area contributed by atoms with E-state index in [1.807, 2.05) is 0 Å². The van der Waals surface area contributed by atoms with Crippen molar-refractivity contribution in [3.63, 3.8) is 0 Å². The van der Waals surface area contributed by atoms with Gasteiger partial charge < -0.3 is 10.1 Å². The van der Waals surface area contributed by atoms with Gasteiger partial charge in [-0.15, -0.1) is 0 Å². The zero-order valence-electron chi connectivity index (χ0n) is 9.55. The van der Waals surface area contributed by atoms with E-state index in [0.717, 1.165) is 18.8 Å². The first-order chi connectivity index (χ1) is 7.25. The lowest BCUT2D eigenvalue weighted by molar-refractivity contribution is 0.166. The topological polar surface area (TPSA) is 21.3 Å². The van der Waals surface area contributed by atoms with Gasteiger partial charge >= 0.3 is 0 Å². The second kappa shape index (κ2) is 4.67. The summed E-state index contributed by atoms with van der Waals surface area (Å²) in [7, 11) is 0. The fourth-order valence-corrected chi connectivity index (χ4v) is 2.03. The molecule has 1 atom stereocenters. The lowest BCUT2D eigenvalue weighted by Crippen LogP contribution is -2.37. The first-order valence-electron chi connectivity index (χ1n) is 5.70. The van der Waals surface area contributed by atoms with Gasteiger partial charge in [-0.25, -0.2) is 0 Å². The van der Waals surface area contributed by atoms with Crippen LogP contribution in [-0.4, -0.2) is 19.2 Å². The van der Waals surface area contributed by atoms with Crippen LogP contribution in [0.2, 0.25) is 0 Å². The van der Waals surface area contributed by atoms with Crippen molar-refractivity contribution in [3.8, 4) is 5.75 Å². The molecule has 0 aliphatic carbocycles. The quantitative estimate of drug-likeness (QED) is 0.800. The molecule has 1 aromatic rings. The van der Waals surface area contributed by atoms with E-state index in [1.54, 1.807) is 0 Å². The number of piperidine rings is 1. The van der Waals surface area contributed by atoms with Crippen LogP contribution in [0.25, 0.3) is 0 Å². The SMILES string of the molecule is Cc1ccc(O[C@H]2CCCNC2)c(C)c1. The molecule has 0 spiro atoms. The van der Waals surface area contributed by atoms with E-state index in [9.17, 15) is 0 Å². The molecule has 1 aliphatic heterocycles. The van der Waals surface area contributed by atoms with Gasteiger partial charge in [0.25, 0.3) is 0 Å². The standard InChI is InChI=1S/C13H19NO/c1-10-5-6-13(11(2)8-10)15-12-4-3-7-14-9-12/h5-6,8,12,14H,3-4,7,9H2,1-2H3/t12-/m0/s1. The summed E-state index contributed by atoms with van der Waals surface area (Å²) in [6.45, 7) is 6.33. The van der Waals surface area contributed by atoms with Crippen molar-refractivity contribution < 1.29 is 4.74 Å². The van der Waals surface area contributed by atoms with Crippen LogP contribution in [0, 0.1) is 13.8 Å². The Morgan fingerprint density at radius 1 is 1.33 bits per heavy atom. The van der Waals surface area contributed by atoms with Crippen molar-refractivity contribution in [2.75, 3.05) is 13.1 Å². The molecule has 1 saturated heterocycles. The van der Waals surface area contributed by atoms with E-state index in [-0.39, 0.29) is 0 Å². The van der Waals surface area contributed by atoms with Crippen LogP contribution in [0.15, 0.2) is 18.2 Å². The molecule has 1 aliphatic rings. The molecule has 0 aromatic heterocycles. The molecule has 1 fully saturated rings. The van der Waals surface area contributed by atoms with Gasteiger partial charge in [0, 0.05) is 6.54 Å². The predicted molar refractivity (Wildman–Crippen MR) is 62.4 cm³/mol. The van der Waals surface area contributed by atoms with Crippen LogP contribution in [0.4, 0.5) is 0 Å². The van der Waals surface area contributed by atoms with Crippen LogP contribution in [0.5, 0.6) is 5.75 Å². The Hall–Kier alpha value is -1.02. The van der Waals surface area contributed by atoms with Crippen molar-refractivity contribution in [1.82, 2.24) is 5.32 Å². The van der Waals surface area contributed by atoms with Gasteiger partial charge in [0.05, 0.1) is 0 Å².